The van der Waals surface area contributed by atoms with Crippen LogP contribution in [-0.2, 0) is 14.3 Å². The third-order valence-corrected chi connectivity index (χ3v) is 8.92. The maximum atomic E-state index is 13.0. The van der Waals surface area contributed by atoms with Crippen LogP contribution in [0.25, 0.3) is 22.4 Å². The van der Waals surface area contributed by atoms with E-state index in [1.54, 1.807) is 0 Å². The minimum absolute atomic E-state index is 0.106. The Morgan fingerprint density at radius 2 is 1.36 bits per heavy atom. The van der Waals surface area contributed by atoms with Crippen molar-refractivity contribution in [2.24, 2.45) is 5.92 Å². The first-order chi connectivity index (χ1) is 21.6. The van der Waals surface area contributed by atoms with Gasteiger partial charge in [0.1, 0.15) is 5.82 Å². The number of aromatic nitrogens is 2. The Morgan fingerprint density at radius 3 is 2.05 bits per heavy atom. The first-order valence-electron chi connectivity index (χ1n) is 15.6. The lowest BCUT2D eigenvalue weighted by Gasteiger charge is -2.36. The van der Waals surface area contributed by atoms with Gasteiger partial charge in [-0.15, -0.1) is 0 Å². The minimum atomic E-state index is -0.154. The third-order valence-electron chi connectivity index (χ3n) is 8.92. The molecule has 3 aliphatic heterocycles. The van der Waals surface area contributed by atoms with Crippen LogP contribution in [0.15, 0.2) is 66.7 Å². The summed E-state index contributed by atoms with van der Waals surface area (Å²) in [5.41, 5.74) is 6.25. The molecule has 2 N–H and O–H groups in total. The fourth-order valence-electron chi connectivity index (χ4n) is 6.33. The number of hydrogen-bond acceptors (Lipinski definition) is 7. The molecule has 0 unspecified atom stereocenters. The van der Waals surface area contributed by atoms with Gasteiger partial charge in [0.15, 0.2) is 0 Å². The Balaban J connectivity index is 0.963. The molecule has 0 aliphatic carbocycles. The summed E-state index contributed by atoms with van der Waals surface area (Å²) in [6, 6.07) is 21.9. The van der Waals surface area contributed by atoms with E-state index in [4.69, 9.17) is 14.5 Å². The number of imidazole rings is 1. The lowest BCUT2D eigenvalue weighted by atomic mass is 9.94. The zero-order chi connectivity index (χ0) is 29.9. The summed E-state index contributed by atoms with van der Waals surface area (Å²) in [5, 5.41) is 3.01. The molecule has 0 saturated carbocycles. The first kappa shape index (κ1) is 28.4. The van der Waals surface area contributed by atoms with Crippen LogP contribution in [0.4, 0.5) is 17.1 Å². The van der Waals surface area contributed by atoms with E-state index in [2.05, 4.69) is 44.4 Å². The maximum Gasteiger partial charge on any atom is 0.255 e. The van der Waals surface area contributed by atoms with E-state index in [0.29, 0.717) is 37.6 Å². The molecular weight excluding hydrogens is 556 g/mol. The zero-order valence-corrected chi connectivity index (χ0v) is 24.8. The average Bonchev–Trinajstić information content (AvgIpc) is 3.53. The van der Waals surface area contributed by atoms with Crippen molar-refractivity contribution in [3.05, 3.63) is 72.3 Å². The van der Waals surface area contributed by atoms with E-state index in [9.17, 15) is 9.59 Å². The van der Waals surface area contributed by atoms with Crippen molar-refractivity contribution in [2.75, 3.05) is 80.8 Å². The van der Waals surface area contributed by atoms with Crippen LogP contribution in [-0.4, -0.2) is 92.4 Å². The maximum absolute atomic E-state index is 13.0. The summed E-state index contributed by atoms with van der Waals surface area (Å²) < 4.78 is 10.8. The van der Waals surface area contributed by atoms with Gasteiger partial charge in [-0.2, -0.15) is 0 Å². The van der Waals surface area contributed by atoms with Gasteiger partial charge in [-0.05, 0) is 79.6 Å². The molecule has 44 heavy (non-hydrogen) atoms. The number of rotatable bonds is 6. The van der Waals surface area contributed by atoms with E-state index < -0.39 is 0 Å². The number of aromatic amines is 1. The Kier molecular flexibility index (Phi) is 8.17. The van der Waals surface area contributed by atoms with Gasteiger partial charge >= 0.3 is 0 Å². The normalized spacial score (nSPS) is 18.0. The number of morpholine rings is 2. The van der Waals surface area contributed by atoms with E-state index in [1.807, 2.05) is 47.4 Å². The standard InChI is InChI=1S/C34H38N6O4/c41-33(25-3-8-29(9-4-25)39-15-19-43-20-16-39)35-27-5-10-30-31(23-27)37-32(36-30)24-1-6-28(7-2-24)38-13-11-26(12-14-38)34(42)40-17-21-44-22-18-40/h1-10,23,26H,11-22H2,(H,35,41)(H,36,37). The van der Waals surface area contributed by atoms with Gasteiger partial charge in [0.25, 0.3) is 5.91 Å². The summed E-state index contributed by atoms with van der Waals surface area (Å²) in [6.07, 6.45) is 1.75. The van der Waals surface area contributed by atoms with E-state index in [-0.39, 0.29) is 17.7 Å². The van der Waals surface area contributed by atoms with Crippen molar-refractivity contribution < 1.29 is 19.1 Å². The molecule has 0 spiro atoms. The van der Waals surface area contributed by atoms with E-state index in [0.717, 1.165) is 86.0 Å². The molecule has 10 nitrogen and oxygen atoms in total. The molecule has 0 atom stereocenters. The molecule has 4 aromatic rings. The molecule has 0 bridgehead atoms. The Bertz CT molecular complexity index is 1600. The lowest BCUT2D eigenvalue weighted by molar-refractivity contribution is -0.140. The summed E-state index contributed by atoms with van der Waals surface area (Å²) in [4.78, 5) is 40.7. The molecule has 10 heteroatoms. The molecule has 3 saturated heterocycles. The zero-order valence-electron chi connectivity index (χ0n) is 24.8. The number of anilines is 3. The summed E-state index contributed by atoms with van der Waals surface area (Å²) in [6.45, 7) is 7.63. The number of H-pyrrole nitrogens is 1. The van der Waals surface area contributed by atoms with Crippen molar-refractivity contribution >= 4 is 39.9 Å². The van der Waals surface area contributed by atoms with E-state index >= 15 is 0 Å². The highest BCUT2D eigenvalue weighted by Gasteiger charge is 2.29. The molecule has 7 rings (SSSR count). The largest absolute Gasteiger partial charge is 0.378 e. The molecule has 228 valence electrons. The van der Waals surface area contributed by atoms with Gasteiger partial charge < -0.3 is 34.5 Å². The molecule has 4 heterocycles. The molecule has 3 aliphatic rings. The van der Waals surface area contributed by atoms with Crippen molar-refractivity contribution in [3.8, 4) is 11.4 Å². The predicted octanol–water partition coefficient (Wildman–Crippen LogP) is 4.39. The van der Waals surface area contributed by atoms with Crippen molar-refractivity contribution in [1.29, 1.82) is 0 Å². The average molecular weight is 595 g/mol. The quantitative estimate of drug-likeness (QED) is 0.341. The topological polar surface area (TPSA) is 103 Å². The highest BCUT2D eigenvalue weighted by molar-refractivity contribution is 6.05. The second-order valence-electron chi connectivity index (χ2n) is 11.7. The fourth-order valence-corrected chi connectivity index (χ4v) is 6.33. The monoisotopic (exact) mass is 594 g/mol. The number of nitrogens with zero attached hydrogens (tertiary/aromatic N) is 4. The van der Waals surface area contributed by atoms with Crippen LogP contribution in [0.5, 0.6) is 0 Å². The van der Waals surface area contributed by atoms with Crippen LogP contribution in [0.2, 0.25) is 0 Å². The van der Waals surface area contributed by atoms with Crippen molar-refractivity contribution in [2.45, 2.75) is 12.8 Å². The van der Waals surface area contributed by atoms with Crippen LogP contribution in [0.3, 0.4) is 0 Å². The Hall–Kier alpha value is -4.41. The number of nitrogens with one attached hydrogen (secondary N) is 2. The number of carbonyl (C=O) groups excluding carboxylic acids is 2. The highest BCUT2D eigenvalue weighted by atomic mass is 16.5. The number of hydrogen-bond donors (Lipinski definition) is 2. The summed E-state index contributed by atoms with van der Waals surface area (Å²) in [7, 11) is 0. The number of fused-ring (bicyclic) bond motifs is 1. The van der Waals surface area contributed by atoms with Gasteiger partial charge in [0.05, 0.1) is 37.5 Å². The number of amides is 2. The molecular formula is C34H38N6O4. The van der Waals surface area contributed by atoms with Crippen LogP contribution in [0, 0.1) is 5.92 Å². The number of benzene rings is 3. The van der Waals surface area contributed by atoms with Gasteiger partial charge in [-0.25, -0.2) is 4.98 Å². The SMILES string of the molecule is O=C(Nc1ccc2[nH]c(-c3ccc(N4CCC(C(=O)N5CCOCC5)CC4)cc3)nc2c1)c1ccc(N2CCOCC2)cc1. The van der Waals surface area contributed by atoms with Gasteiger partial charge in [-0.1, -0.05) is 0 Å². The van der Waals surface area contributed by atoms with Crippen molar-refractivity contribution in [3.63, 3.8) is 0 Å². The second-order valence-corrected chi connectivity index (χ2v) is 11.7. The van der Waals surface area contributed by atoms with E-state index in [1.165, 1.54) is 0 Å². The van der Waals surface area contributed by atoms with Gasteiger partial charge in [0.2, 0.25) is 5.91 Å². The van der Waals surface area contributed by atoms with Crippen LogP contribution >= 0.6 is 0 Å². The summed E-state index contributed by atoms with van der Waals surface area (Å²) in [5.74, 6) is 1.02. The molecule has 0 radical (unpaired) electrons. The molecule has 3 fully saturated rings. The summed E-state index contributed by atoms with van der Waals surface area (Å²) >= 11 is 0. The Labute approximate surface area is 256 Å². The Morgan fingerprint density at radius 1 is 0.750 bits per heavy atom. The molecule has 1 aromatic heterocycles. The smallest absolute Gasteiger partial charge is 0.255 e. The van der Waals surface area contributed by atoms with Gasteiger partial charge in [-0.3, -0.25) is 9.59 Å². The molecule has 3 aromatic carbocycles. The number of ether oxygens (including phenoxy) is 2. The highest BCUT2D eigenvalue weighted by Crippen LogP contribution is 2.29. The molecule has 2 amide bonds. The first-order valence-corrected chi connectivity index (χ1v) is 15.6. The fraction of sp³-hybridized carbons (Fsp3) is 0.382. The minimum Gasteiger partial charge on any atom is -0.378 e. The predicted molar refractivity (Wildman–Crippen MR) is 171 cm³/mol. The van der Waals surface area contributed by atoms with Gasteiger partial charge in [0, 0.05) is 73.4 Å². The van der Waals surface area contributed by atoms with Crippen LogP contribution in [0.1, 0.15) is 23.2 Å². The lowest BCUT2D eigenvalue weighted by Crippen LogP contribution is -2.46. The van der Waals surface area contributed by atoms with Crippen molar-refractivity contribution in [1.82, 2.24) is 14.9 Å². The number of carbonyl (C=O) groups is 2. The van der Waals surface area contributed by atoms with Crippen LogP contribution < -0.4 is 15.1 Å². The third kappa shape index (κ3) is 6.13. The number of piperidine rings is 1. The second kappa shape index (κ2) is 12.7.